The van der Waals surface area contributed by atoms with Crippen LogP contribution in [0.5, 0.6) is 0 Å². The molecule has 2 aromatic carbocycles. The zero-order valence-electron chi connectivity index (χ0n) is 14.0. The number of anilines is 1. The van der Waals surface area contributed by atoms with E-state index in [1.165, 1.54) is 19.1 Å². The molecule has 27 heavy (non-hydrogen) atoms. The average Bonchev–Trinajstić information content (AvgIpc) is 3.05. The maximum atomic E-state index is 12.7. The summed E-state index contributed by atoms with van der Waals surface area (Å²) in [5.74, 6) is -1.58. The number of rotatable bonds is 4. The number of aromatic amines is 1. The third-order valence-corrected chi connectivity index (χ3v) is 3.77. The fraction of sp³-hybridized carbons (Fsp3) is 0.167. The van der Waals surface area contributed by atoms with Gasteiger partial charge in [-0.15, -0.1) is 0 Å². The lowest BCUT2D eigenvalue weighted by molar-refractivity contribution is -0.137. The van der Waals surface area contributed by atoms with Gasteiger partial charge in [-0.05, 0) is 31.2 Å². The van der Waals surface area contributed by atoms with Gasteiger partial charge in [0, 0.05) is 11.1 Å². The van der Waals surface area contributed by atoms with E-state index in [1.54, 1.807) is 24.3 Å². The van der Waals surface area contributed by atoms with Crippen molar-refractivity contribution in [3.05, 3.63) is 59.8 Å². The van der Waals surface area contributed by atoms with Crippen LogP contribution in [0.3, 0.4) is 0 Å². The first-order valence-electron chi connectivity index (χ1n) is 7.88. The van der Waals surface area contributed by atoms with E-state index in [0.29, 0.717) is 10.9 Å². The number of hydrogen-bond acceptors (Lipinski definition) is 4. The number of aromatic nitrogens is 2. The number of nitrogens with zero attached hydrogens (tertiary/aromatic N) is 1. The molecule has 0 spiro atoms. The number of ether oxygens (including phenoxy) is 1. The minimum atomic E-state index is -4.53. The number of fused-ring (bicyclic) bond motifs is 1. The van der Waals surface area contributed by atoms with Gasteiger partial charge in [0.15, 0.2) is 11.8 Å². The van der Waals surface area contributed by atoms with Crippen LogP contribution in [0.4, 0.5) is 18.9 Å². The van der Waals surface area contributed by atoms with E-state index < -0.39 is 29.7 Å². The van der Waals surface area contributed by atoms with Crippen molar-refractivity contribution < 1.29 is 27.5 Å². The molecule has 1 aromatic heterocycles. The molecule has 0 aliphatic heterocycles. The van der Waals surface area contributed by atoms with Gasteiger partial charge in [-0.3, -0.25) is 9.89 Å². The number of hydrogen-bond donors (Lipinski definition) is 2. The highest BCUT2D eigenvalue weighted by molar-refractivity contribution is 6.03. The van der Waals surface area contributed by atoms with Crippen LogP contribution < -0.4 is 5.32 Å². The number of benzene rings is 2. The molecule has 1 atom stereocenters. The SMILES string of the molecule is C[C@H](OC(=O)c1n[nH]c2ccccc12)C(=O)Nc1cccc(C(F)(F)F)c1. The number of halogens is 3. The van der Waals surface area contributed by atoms with Crippen molar-refractivity contribution in [2.24, 2.45) is 0 Å². The Morgan fingerprint density at radius 2 is 1.89 bits per heavy atom. The predicted molar refractivity (Wildman–Crippen MR) is 91.0 cm³/mol. The highest BCUT2D eigenvalue weighted by Gasteiger charge is 2.30. The van der Waals surface area contributed by atoms with Crippen LogP contribution in [0.2, 0.25) is 0 Å². The number of amides is 1. The van der Waals surface area contributed by atoms with Crippen molar-refractivity contribution in [1.29, 1.82) is 0 Å². The van der Waals surface area contributed by atoms with E-state index >= 15 is 0 Å². The second-order valence-corrected chi connectivity index (χ2v) is 5.73. The lowest BCUT2D eigenvalue weighted by atomic mass is 10.2. The molecule has 6 nitrogen and oxygen atoms in total. The van der Waals surface area contributed by atoms with Crippen LogP contribution in [0.1, 0.15) is 23.0 Å². The molecule has 3 rings (SSSR count). The summed E-state index contributed by atoms with van der Waals surface area (Å²) in [6.45, 7) is 1.32. The molecule has 1 amide bonds. The molecule has 0 unspecified atom stereocenters. The average molecular weight is 377 g/mol. The smallest absolute Gasteiger partial charge is 0.416 e. The van der Waals surface area contributed by atoms with Crippen LogP contribution in [-0.4, -0.2) is 28.2 Å². The zero-order chi connectivity index (χ0) is 19.6. The van der Waals surface area contributed by atoms with Gasteiger partial charge < -0.3 is 10.1 Å². The maximum absolute atomic E-state index is 12.7. The van der Waals surface area contributed by atoms with E-state index in [0.717, 1.165) is 12.1 Å². The summed E-state index contributed by atoms with van der Waals surface area (Å²) in [5, 5.41) is 9.38. The molecule has 0 saturated carbocycles. The Balaban J connectivity index is 1.68. The van der Waals surface area contributed by atoms with Crippen molar-refractivity contribution in [2.75, 3.05) is 5.32 Å². The van der Waals surface area contributed by atoms with Crippen LogP contribution >= 0.6 is 0 Å². The van der Waals surface area contributed by atoms with E-state index in [4.69, 9.17) is 4.74 Å². The third kappa shape index (κ3) is 4.08. The summed E-state index contributed by atoms with van der Waals surface area (Å²) in [4.78, 5) is 24.4. The molecule has 0 radical (unpaired) electrons. The molecule has 0 saturated heterocycles. The quantitative estimate of drug-likeness (QED) is 0.678. The summed E-state index contributed by atoms with van der Waals surface area (Å²) < 4.78 is 43.3. The predicted octanol–water partition coefficient (Wildman–Crippen LogP) is 3.77. The first-order chi connectivity index (χ1) is 12.8. The summed E-state index contributed by atoms with van der Waals surface area (Å²) >= 11 is 0. The first-order valence-corrected chi connectivity index (χ1v) is 7.88. The Labute approximate surface area is 151 Å². The fourth-order valence-corrected chi connectivity index (χ4v) is 2.41. The zero-order valence-corrected chi connectivity index (χ0v) is 14.0. The standard InChI is InChI=1S/C18H14F3N3O3/c1-10(16(25)22-12-6-4-5-11(9-12)18(19,20)21)27-17(26)15-13-7-2-3-8-14(13)23-24-15/h2-10H,1H3,(H,22,25)(H,23,24)/t10-/m0/s1. The maximum Gasteiger partial charge on any atom is 0.416 e. The number of carbonyl (C=O) groups excluding carboxylic acids is 2. The number of nitrogens with one attached hydrogen (secondary N) is 2. The summed E-state index contributed by atoms with van der Waals surface area (Å²) in [6.07, 6.45) is -5.76. The van der Waals surface area contributed by atoms with Gasteiger partial charge in [-0.25, -0.2) is 4.79 Å². The number of alkyl halides is 3. The van der Waals surface area contributed by atoms with Crippen LogP contribution in [-0.2, 0) is 15.7 Å². The summed E-state index contributed by atoms with van der Waals surface area (Å²) in [5.41, 5.74) is -0.300. The highest BCUT2D eigenvalue weighted by Crippen LogP contribution is 2.30. The number of para-hydroxylation sites is 1. The molecule has 0 fully saturated rings. The van der Waals surface area contributed by atoms with Crippen LogP contribution in [0.25, 0.3) is 10.9 Å². The third-order valence-electron chi connectivity index (χ3n) is 3.77. The first kappa shape index (κ1) is 18.4. The molecule has 1 heterocycles. The topological polar surface area (TPSA) is 84.1 Å². The molecule has 0 bridgehead atoms. The molecular formula is C18H14F3N3O3. The summed E-state index contributed by atoms with van der Waals surface area (Å²) in [7, 11) is 0. The Morgan fingerprint density at radius 3 is 2.63 bits per heavy atom. The van der Waals surface area contributed by atoms with Gasteiger partial charge in [-0.2, -0.15) is 18.3 Å². The minimum absolute atomic E-state index is 0.0179. The molecule has 2 N–H and O–H groups in total. The van der Waals surface area contributed by atoms with Crippen molar-refractivity contribution >= 4 is 28.5 Å². The molecule has 9 heteroatoms. The monoisotopic (exact) mass is 377 g/mol. The van der Waals surface area contributed by atoms with E-state index in [2.05, 4.69) is 15.5 Å². The van der Waals surface area contributed by atoms with Gasteiger partial charge in [0.25, 0.3) is 5.91 Å². The van der Waals surface area contributed by atoms with E-state index in [1.807, 2.05) is 0 Å². The van der Waals surface area contributed by atoms with Gasteiger partial charge in [0.05, 0.1) is 11.1 Å². The fourth-order valence-electron chi connectivity index (χ4n) is 2.41. The second-order valence-electron chi connectivity index (χ2n) is 5.73. The molecule has 0 aliphatic carbocycles. The van der Waals surface area contributed by atoms with Crippen molar-refractivity contribution in [3.8, 4) is 0 Å². The number of esters is 1. The van der Waals surface area contributed by atoms with E-state index in [9.17, 15) is 22.8 Å². The Bertz CT molecular complexity index is 998. The molecule has 3 aromatic rings. The van der Waals surface area contributed by atoms with Gasteiger partial charge in [0.1, 0.15) is 0 Å². The second kappa shape index (κ2) is 7.10. The van der Waals surface area contributed by atoms with Gasteiger partial charge >= 0.3 is 12.1 Å². The summed E-state index contributed by atoms with van der Waals surface area (Å²) in [6, 6.07) is 11.0. The lowest BCUT2D eigenvalue weighted by Crippen LogP contribution is -2.30. The minimum Gasteiger partial charge on any atom is -0.448 e. The Morgan fingerprint density at radius 1 is 1.15 bits per heavy atom. The normalized spacial score (nSPS) is 12.6. The van der Waals surface area contributed by atoms with Crippen molar-refractivity contribution in [3.63, 3.8) is 0 Å². The number of carbonyl (C=O) groups is 2. The number of H-pyrrole nitrogens is 1. The van der Waals surface area contributed by atoms with Gasteiger partial charge in [-0.1, -0.05) is 24.3 Å². The molecule has 0 aliphatic rings. The highest BCUT2D eigenvalue weighted by atomic mass is 19.4. The molecular weight excluding hydrogens is 363 g/mol. The van der Waals surface area contributed by atoms with Crippen LogP contribution in [0, 0.1) is 0 Å². The lowest BCUT2D eigenvalue weighted by Gasteiger charge is -2.14. The van der Waals surface area contributed by atoms with Gasteiger partial charge in [0.2, 0.25) is 0 Å². The molecule has 140 valence electrons. The van der Waals surface area contributed by atoms with E-state index in [-0.39, 0.29) is 11.4 Å². The Hall–Kier alpha value is -3.36. The largest absolute Gasteiger partial charge is 0.448 e. The van der Waals surface area contributed by atoms with Crippen molar-refractivity contribution in [2.45, 2.75) is 19.2 Å². The van der Waals surface area contributed by atoms with Crippen LogP contribution in [0.15, 0.2) is 48.5 Å². The van der Waals surface area contributed by atoms with Crippen molar-refractivity contribution in [1.82, 2.24) is 10.2 Å². The Kier molecular flexibility index (Phi) is 4.85.